The average molecular weight is 233 g/mol. The van der Waals surface area contributed by atoms with Crippen LogP contribution in [0.15, 0.2) is 24.3 Å². The fraction of sp³-hybridized carbons (Fsp3) is 0.600. The monoisotopic (exact) mass is 233 g/mol. The molecule has 1 fully saturated rings. The molecule has 17 heavy (non-hydrogen) atoms. The molecule has 0 saturated heterocycles. The van der Waals surface area contributed by atoms with Gasteiger partial charge in [-0.1, -0.05) is 32.4 Å². The number of benzene rings is 1. The molecule has 0 aromatic heterocycles. The maximum Gasteiger partial charge on any atom is 0.119 e. The number of rotatable bonds is 6. The van der Waals surface area contributed by atoms with Gasteiger partial charge in [-0.2, -0.15) is 0 Å². The highest BCUT2D eigenvalue weighted by atomic mass is 16.5. The zero-order chi connectivity index (χ0) is 12.1. The molecular formula is C15H23NO. The molecule has 1 aliphatic carbocycles. The SMILES string of the molecule is CC(C)NCc1ccc(OCC2CCC2)cc1. The zero-order valence-corrected chi connectivity index (χ0v) is 10.9. The summed E-state index contributed by atoms with van der Waals surface area (Å²) >= 11 is 0. The molecule has 2 rings (SSSR count). The van der Waals surface area contributed by atoms with Crippen LogP contribution in [0.4, 0.5) is 0 Å². The molecule has 0 aliphatic heterocycles. The van der Waals surface area contributed by atoms with E-state index in [0.717, 1.165) is 24.8 Å². The molecule has 0 unspecified atom stereocenters. The molecule has 94 valence electrons. The summed E-state index contributed by atoms with van der Waals surface area (Å²) in [7, 11) is 0. The second kappa shape index (κ2) is 6.06. The topological polar surface area (TPSA) is 21.3 Å². The molecule has 1 N–H and O–H groups in total. The van der Waals surface area contributed by atoms with E-state index in [4.69, 9.17) is 4.74 Å². The molecule has 0 spiro atoms. The highest BCUT2D eigenvalue weighted by molar-refractivity contribution is 5.27. The maximum atomic E-state index is 5.77. The molecule has 0 bridgehead atoms. The van der Waals surface area contributed by atoms with Gasteiger partial charge in [-0.05, 0) is 36.5 Å². The van der Waals surface area contributed by atoms with Crippen LogP contribution in [0.25, 0.3) is 0 Å². The average Bonchev–Trinajstić information content (AvgIpc) is 2.26. The minimum Gasteiger partial charge on any atom is -0.493 e. The summed E-state index contributed by atoms with van der Waals surface area (Å²) in [6, 6.07) is 8.98. The minimum absolute atomic E-state index is 0.532. The molecule has 0 heterocycles. The van der Waals surface area contributed by atoms with Crippen molar-refractivity contribution in [2.45, 2.75) is 45.7 Å². The van der Waals surface area contributed by atoms with Crippen LogP contribution >= 0.6 is 0 Å². The van der Waals surface area contributed by atoms with E-state index in [2.05, 4.69) is 43.4 Å². The Kier molecular flexibility index (Phi) is 4.43. The van der Waals surface area contributed by atoms with Gasteiger partial charge < -0.3 is 10.1 Å². The molecule has 1 aliphatic rings. The first kappa shape index (κ1) is 12.4. The Morgan fingerprint density at radius 1 is 1.24 bits per heavy atom. The Labute approximate surface area is 104 Å². The summed E-state index contributed by atoms with van der Waals surface area (Å²) in [5.41, 5.74) is 1.31. The van der Waals surface area contributed by atoms with E-state index < -0.39 is 0 Å². The van der Waals surface area contributed by atoms with Crippen LogP contribution in [0.5, 0.6) is 5.75 Å². The molecule has 0 atom stereocenters. The number of hydrogen-bond acceptors (Lipinski definition) is 2. The minimum atomic E-state index is 0.532. The van der Waals surface area contributed by atoms with Gasteiger partial charge >= 0.3 is 0 Å². The lowest BCUT2D eigenvalue weighted by Crippen LogP contribution is -2.21. The van der Waals surface area contributed by atoms with Crippen LogP contribution in [-0.2, 0) is 6.54 Å². The molecule has 2 heteroatoms. The zero-order valence-electron chi connectivity index (χ0n) is 10.9. The van der Waals surface area contributed by atoms with Crippen LogP contribution < -0.4 is 10.1 Å². The first-order valence-corrected chi connectivity index (χ1v) is 6.69. The standard InChI is InChI=1S/C15H23NO/c1-12(2)16-10-13-6-8-15(9-7-13)17-11-14-4-3-5-14/h6-9,12,14,16H,3-5,10-11H2,1-2H3. The van der Waals surface area contributed by atoms with Gasteiger partial charge in [-0.15, -0.1) is 0 Å². The van der Waals surface area contributed by atoms with Crippen LogP contribution in [-0.4, -0.2) is 12.6 Å². The highest BCUT2D eigenvalue weighted by Gasteiger charge is 2.17. The summed E-state index contributed by atoms with van der Waals surface area (Å²) in [6.45, 7) is 6.15. The van der Waals surface area contributed by atoms with Crippen LogP contribution in [0.2, 0.25) is 0 Å². The van der Waals surface area contributed by atoms with Gasteiger partial charge in [0.25, 0.3) is 0 Å². The largest absolute Gasteiger partial charge is 0.493 e. The lowest BCUT2D eigenvalue weighted by atomic mass is 9.86. The van der Waals surface area contributed by atoms with Crippen molar-refractivity contribution in [2.24, 2.45) is 5.92 Å². The van der Waals surface area contributed by atoms with Crippen molar-refractivity contribution in [3.05, 3.63) is 29.8 Å². The van der Waals surface area contributed by atoms with Crippen LogP contribution in [0, 0.1) is 5.92 Å². The highest BCUT2D eigenvalue weighted by Crippen LogP contribution is 2.27. The van der Waals surface area contributed by atoms with Crippen molar-refractivity contribution < 1.29 is 4.74 Å². The van der Waals surface area contributed by atoms with E-state index in [0.29, 0.717) is 6.04 Å². The van der Waals surface area contributed by atoms with Gasteiger partial charge in [0.2, 0.25) is 0 Å². The summed E-state index contributed by atoms with van der Waals surface area (Å²) in [5.74, 6) is 1.81. The smallest absolute Gasteiger partial charge is 0.119 e. The summed E-state index contributed by atoms with van der Waals surface area (Å²) in [4.78, 5) is 0. The Bertz CT molecular complexity index is 327. The van der Waals surface area contributed by atoms with Gasteiger partial charge in [-0.3, -0.25) is 0 Å². The number of hydrogen-bond donors (Lipinski definition) is 1. The molecule has 2 nitrogen and oxygen atoms in total. The predicted octanol–water partition coefficient (Wildman–Crippen LogP) is 3.36. The van der Waals surface area contributed by atoms with E-state index in [-0.39, 0.29) is 0 Å². The number of nitrogens with one attached hydrogen (secondary N) is 1. The maximum absolute atomic E-state index is 5.77. The fourth-order valence-electron chi connectivity index (χ4n) is 1.90. The van der Waals surface area contributed by atoms with Crippen molar-refractivity contribution in [3.63, 3.8) is 0 Å². The second-order valence-corrected chi connectivity index (χ2v) is 5.29. The molecule has 0 radical (unpaired) electrons. The van der Waals surface area contributed by atoms with Gasteiger partial charge in [-0.25, -0.2) is 0 Å². The summed E-state index contributed by atoms with van der Waals surface area (Å²) in [6.07, 6.45) is 4.07. The van der Waals surface area contributed by atoms with Gasteiger partial charge in [0.15, 0.2) is 0 Å². The van der Waals surface area contributed by atoms with E-state index >= 15 is 0 Å². The van der Waals surface area contributed by atoms with Crippen LogP contribution in [0.1, 0.15) is 38.7 Å². The molecular weight excluding hydrogens is 210 g/mol. The second-order valence-electron chi connectivity index (χ2n) is 5.29. The quantitative estimate of drug-likeness (QED) is 0.813. The molecule has 1 aromatic rings. The molecule has 1 saturated carbocycles. The Morgan fingerprint density at radius 2 is 1.94 bits per heavy atom. The van der Waals surface area contributed by atoms with Crippen LogP contribution in [0.3, 0.4) is 0 Å². The van der Waals surface area contributed by atoms with Gasteiger partial charge in [0.1, 0.15) is 5.75 Å². The lowest BCUT2D eigenvalue weighted by Gasteiger charge is -2.25. The van der Waals surface area contributed by atoms with E-state index in [1.807, 2.05) is 0 Å². The molecule has 0 amide bonds. The first-order valence-electron chi connectivity index (χ1n) is 6.69. The van der Waals surface area contributed by atoms with E-state index in [1.165, 1.54) is 24.8 Å². The Balaban J connectivity index is 1.76. The number of ether oxygens (including phenoxy) is 1. The van der Waals surface area contributed by atoms with Crippen molar-refractivity contribution in [3.8, 4) is 5.75 Å². The first-order chi connectivity index (χ1) is 8.24. The van der Waals surface area contributed by atoms with Crippen molar-refractivity contribution >= 4 is 0 Å². The third-order valence-electron chi connectivity index (χ3n) is 3.35. The fourth-order valence-corrected chi connectivity index (χ4v) is 1.90. The van der Waals surface area contributed by atoms with Crippen molar-refractivity contribution in [1.29, 1.82) is 0 Å². The third-order valence-corrected chi connectivity index (χ3v) is 3.35. The van der Waals surface area contributed by atoms with Gasteiger partial charge in [0.05, 0.1) is 6.61 Å². The van der Waals surface area contributed by atoms with Gasteiger partial charge in [0, 0.05) is 12.6 Å². The Hall–Kier alpha value is -1.02. The normalized spacial score (nSPS) is 15.9. The third kappa shape index (κ3) is 4.04. The van der Waals surface area contributed by atoms with Crippen molar-refractivity contribution in [2.75, 3.05) is 6.61 Å². The van der Waals surface area contributed by atoms with Crippen molar-refractivity contribution in [1.82, 2.24) is 5.32 Å². The Morgan fingerprint density at radius 3 is 2.47 bits per heavy atom. The van der Waals surface area contributed by atoms with E-state index in [9.17, 15) is 0 Å². The lowest BCUT2D eigenvalue weighted by molar-refractivity contribution is 0.180. The molecule has 1 aromatic carbocycles. The van der Waals surface area contributed by atoms with E-state index in [1.54, 1.807) is 0 Å². The predicted molar refractivity (Wildman–Crippen MR) is 71.3 cm³/mol. The summed E-state index contributed by atoms with van der Waals surface area (Å²) < 4.78 is 5.77. The summed E-state index contributed by atoms with van der Waals surface area (Å²) in [5, 5.41) is 3.41.